The van der Waals surface area contributed by atoms with Crippen LogP contribution in [0.2, 0.25) is 0 Å². The normalized spacial score (nSPS) is 14.1. The van der Waals surface area contributed by atoms with Crippen molar-refractivity contribution in [2.45, 2.75) is 25.8 Å². The molecule has 1 fully saturated rings. The summed E-state index contributed by atoms with van der Waals surface area (Å²) in [6, 6.07) is 7.15. The molecule has 3 rings (SSSR count). The Morgan fingerprint density at radius 2 is 1.97 bits per heavy atom. The van der Waals surface area contributed by atoms with E-state index in [1.807, 2.05) is 10.8 Å². The summed E-state index contributed by atoms with van der Waals surface area (Å²) < 4.78 is 70.1. The van der Waals surface area contributed by atoms with E-state index in [0.29, 0.717) is 11.8 Å². The van der Waals surface area contributed by atoms with Gasteiger partial charge in [0.2, 0.25) is 15.9 Å². The number of aromatic nitrogens is 1. The first kappa shape index (κ1) is 26.0. The highest BCUT2D eigenvalue weighted by atomic mass is 32.2. The maximum atomic E-state index is 12.8. The van der Waals surface area contributed by atoms with Crippen LogP contribution in [0.4, 0.5) is 19.0 Å². The molecule has 2 aromatic rings. The second kappa shape index (κ2) is 9.91. The Balaban J connectivity index is 1.65. The summed E-state index contributed by atoms with van der Waals surface area (Å²) in [4.78, 5) is 30.3. The molecule has 1 aliphatic heterocycles. The maximum absolute atomic E-state index is 12.8. The number of aryl methyl sites for hydroxylation is 1. The van der Waals surface area contributed by atoms with Crippen LogP contribution in [0.3, 0.4) is 0 Å². The molecule has 0 aliphatic carbocycles. The van der Waals surface area contributed by atoms with Crippen molar-refractivity contribution in [1.29, 1.82) is 5.26 Å². The number of carbonyl (C=O) groups excluding carboxylic acids is 2. The lowest BCUT2D eigenvalue weighted by Gasteiger charge is -2.39. The number of alkyl halides is 3. The third-order valence-electron chi connectivity index (χ3n) is 5.23. The van der Waals surface area contributed by atoms with Crippen molar-refractivity contribution in [1.82, 2.24) is 9.71 Å². The quantitative estimate of drug-likeness (QED) is 0.563. The number of esters is 1. The molecule has 0 unspecified atom stereocenters. The smallest absolute Gasteiger partial charge is 0.416 e. The second-order valence-corrected chi connectivity index (χ2v) is 9.57. The highest BCUT2D eigenvalue weighted by Crippen LogP contribution is 2.30. The molecule has 1 aromatic carbocycles. The van der Waals surface area contributed by atoms with Gasteiger partial charge in [0, 0.05) is 13.1 Å². The standard InChI is InChI=1S/C22H21F3N4O5S/c1-3-34-21(31)18-8-15(9-26)19(27-13(18)2)29-10-16(11-29)20(30)28-35(32,33)12-14-5-4-6-17(7-14)22(23,24)25/h4-8,16H,3,10-12H2,1-2H3,(H,28,30). The van der Waals surface area contributed by atoms with Crippen LogP contribution in [0.5, 0.6) is 0 Å². The van der Waals surface area contributed by atoms with Gasteiger partial charge < -0.3 is 9.64 Å². The van der Waals surface area contributed by atoms with Gasteiger partial charge in [-0.1, -0.05) is 18.2 Å². The van der Waals surface area contributed by atoms with Gasteiger partial charge in [-0.3, -0.25) is 9.52 Å². The molecule has 1 saturated heterocycles. The van der Waals surface area contributed by atoms with Crippen molar-refractivity contribution >= 4 is 27.7 Å². The van der Waals surface area contributed by atoms with E-state index in [0.717, 1.165) is 12.1 Å². The molecule has 0 bridgehead atoms. The number of ether oxygens (including phenoxy) is 1. The fraction of sp³-hybridized carbons (Fsp3) is 0.364. The number of amides is 1. The van der Waals surface area contributed by atoms with Crippen LogP contribution in [0.25, 0.3) is 0 Å². The first-order chi connectivity index (χ1) is 16.3. The summed E-state index contributed by atoms with van der Waals surface area (Å²) in [5.74, 6) is -2.73. The summed E-state index contributed by atoms with van der Waals surface area (Å²) in [6.07, 6.45) is -4.62. The Morgan fingerprint density at radius 1 is 1.29 bits per heavy atom. The van der Waals surface area contributed by atoms with Crippen molar-refractivity contribution < 1.29 is 35.9 Å². The minimum absolute atomic E-state index is 0.0603. The average Bonchev–Trinajstić information content (AvgIpc) is 2.71. The molecule has 186 valence electrons. The molecule has 2 heterocycles. The van der Waals surface area contributed by atoms with Crippen molar-refractivity contribution in [3.63, 3.8) is 0 Å². The summed E-state index contributed by atoms with van der Waals surface area (Å²) in [6.45, 7) is 3.49. The number of hydrogen-bond acceptors (Lipinski definition) is 8. The molecule has 1 amide bonds. The highest BCUT2D eigenvalue weighted by molar-refractivity contribution is 7.89. The average molecular weight is 510 g/mol. The second-order valence-electron chi connectivity index (χ2n) is 7.85. The minimum Gasteiger partial charge on any atom is -0.462 e. The Morgan fingerprint density at radius 3 is 2.57 bits per heavy atom. The molecular weight excluding hydrogens is 489 g/mol. The molecule has 0 spiro atoms. The number of nitrogens with zero attached hydrogens (tertiary/aromatic N) is 3. The van der Waals surface area contributed by atoms with Crippen LogP contribution < -0.4 is 9.62 Å². The number of nitrogens with one attached hydrogen (secondary N) is 1. The SMILES string of the molecule is CCOC(=O)c1cc(C#N)c(N2CC(C(=O)NS(=O)(=O)Cc3cccc(C(F)(F)F)c3)C2)nc1C. The van der Waals surface area contributed by atoms with Gasteiger partial charge in [0.15, 0.2) is 0 Å². The fourth-order valence-corrected chi connectivity index (χ4v) is 4.64. The molecule has 9 nitrogen and oxygen atoms in total. The van der Waals surface area contributed by atoms with Crippen molar-refractivity contribution in [3.8, 4) is 6.07 Å². The van der Waals surface area contributed by atoms with Gasteiger partial charge in [-0.25, -0.2) is 18.2 Å². The lowest BCUT2D eigenvalue weighted by Crippen LogP contribution is -2.55. The van der Waals surface area contributed by atoms with Crippen molar-refractivity contribution in [2.24, 2.45) is 5.92 Å². The number of hydrogen-bond donors (Lipinski definition) is 1. The molecule has 0 atom stereocenters. The number of halogens is 3. The van der Waals surface area contributed by atoms with Crippen LogP contribution in [0.15, 0.2) is 30.3 Å². The molecule has 35 heavy (non-hydrogen) atoms. The zero-order valence-corrected chi connectivity index (χ0v) is 19.5. The minimum atomic E-state index is -4.62. The number of anilines is 1. The first-order valence-electron chi connectivity index (χ1n) is 10.4. The van der Waals surface area contributed by atoms with Gasteiger partial charge in [0.1, 0.15) is 11.9 Å². The summed E-state index contributed by atoms with van der Waals surface area (Å²) in [7, 11) is -4.24. The number of rotatable bonds is 7. The topological polar surface area (TPSA) is 129 Å². The number of sulfonamides is 1. The number of carbonyl (C=O) groups is 2. The maximum Gasteiger partial charge on any atom is 0.416 e. The van der Waals surface area contributed by atoms with Crippen molar-refractivity contribution in [2.75, 3.05) is 24.6 Å². The number of pyridine rings is 1. The van der Waals surface area contributed by atoms with Crippen LogP contribution in [0.1, 0.15) is 39.7 Å². The van der Waals surface area contributed by atoms with E-state index in [1.165, 1.54) is 12.1 Å². The Bertz CT molecular complexity index is 1300. The Kier molecular flexibility index (Phi) is 7.35. The van der Waals surface area contributed by atoms with Gasteiger partial charge in [-0.05, 0) is 31.5 Å². The van der Waals surface area contributed by atoms with Gasteiger partial charge >= 0.3 is 12.1 Å². The summed E-state index contributed by atoms with van der Waals surface area (Å²) in [5, 5.41) is 9.45. The van der Waals surface area contributed by atoms with Gasteiger partial charge in [-0.15, -0.1) is 0 Å². The number of nitriles is 1. The summed E-state index contributed by atoms with van der Waals surface area (Å²) >= 11 is 0. The molecular formula is C22H21F3N4O5S. The van der Waals surface area contributed by atoms with E-state index >= 15 is 0 Å². The molecule has 1 aromatic heterocycles. The van der Waals surface area contributed by atoms with E-state index in [9.17, 15) is 36.4 Å². The number of benzene rings is 1. The zero-order valence-electron chi connectivity index (χ0n) is 18.7. The summed E-state index contributed by atoms with van der Waals surface area (Å²) in [5.41, 5.74) is -0.544. The van der Waals surface area contributed by atoms with E-state index in [4.69, 9.17) is 4.74 Å². The lowest BCUT2D eigenvalue weighted by molar-refractivity contribution is -0.137. The van der Waals surface area contributed by atoms with E-state index < -0.39 is 45.3 Å². The monoisotopic (exact) mass is 510 g/mol. The molecule has 0 saturated carbocycles. The molecule has 13 heteroatoms. The lowest BCUT2D eigenvalue weighted by atomic mass is 9.98. The van der Waals surface area contributed by atoms with Gasteiger partial charge in [-0.2, -0.15) is 18.4 Å². The fourth-order valence-electron chi connectivity index (χ4n) is 3.48. The van der Waals surface area contributed by atoms with Gasteiger partial charge in [0.25, 0.3) is 0 Å². The Labute approximate surface area is 199 Å². The van der Waals surface area contributed by atoms with Crippen LogP contribution in [-0.4, -0.2) is 45.0 Å². The highest BCUT2D eigenvalue weighted by Gasteiger charge is 2.37. The first-order valence-corrected chi connectivity index (χ1v) is 12.0. The van der Waals surface area contributed by atoms with Gasteiger partial charge in [0.05, 0.1) is 40.7 Å². The van der Waals surface area contributed by atoms with Crippen LogP contribution >= 0.6 is 0 Å². The van der Waals surface area contributed by atoms with Crippen LogP contribution in [0, 0.1) is 24.2 Å². The molecule has 1 N–H and O–H groups in total. The predicted octanol–water partition coefficient (Wildman–Crippen LogP) is 2.54. The third-order valence-corrected chi connectivity index (χ3v) is 6.45. The van der Waals surface area contributed by atoms with E-state index in [1.54, 1.807) is 18.7 Å². The van der Waals surface area contributed by atoms with Crippen molar-refractivity contribution in [3.05, 3.63) is 58.3 Å². The van der Waals surface area contributed by atoms with E-state index in [-0.39, 0.29) is 42.2 Å². The predicted molar refractivity (Wildman–Crippen MR) is 118 cm³/mol. The van der Waals surface area contributed by atoms with Crippen LogP contribution in [-0.2, 0) is 31.5 Å². The molecule has 1 aliphatic rings. The zero-order chi connectivity index (χ0) is 26.0. The Hall–Kier alpha value is -3.66. The molecule has 0 radical (unpaired) electrons. The largest absolute Gasteiger partial charge is 0.462 e. The third kappa shape index (κ3) is 6.07. The van der Waals surface area contributed by atoms with E-state index in [2.05, 4.69) is 4.98 Å².